The fraction of sp³-hybridized carbons (Fsp3) is 0.481. The van der Waals surface area contributed by atoms with E-state index in [9.17, 15) is 9.59 Å². The van der Waals surface area contributed by atoms with E-state index in [1.165, 1.54) is 13.5 Å². The van der Waals surface area contributed by atoms with Crippen LogP contribution in [0.5, 0.6) is 17.2 Å². The lowest BCUT2D eigenvalue weighted by Gasteiger charge is -2.40. The molecule has 7 heteroatoms. The zero-order chi connectivity index (χ0) is 24.1. The van der Waals surface area contributed by atoms with Crippen LogP contribution in [-0.2, 0) is 16.0 Å². The van der Waals surface area contributed by atoms with Crippen molar-refractivity contribution in [3.05, 3.63) is 53.1 Å². The minimum Gasteiger partial charge on any atom is -0.493 e. The topological polar surface area (TPSA) is 74.3 Å². The molecule has 34 heavy (non-hydrogen) atoms. The number of carbonyl (C=O) groups is 2. The van der Waals surface area contributed by atoms with Gasteiger partial charge in [0.1, 0.15) is 12.4 Å². The highest BCUT2D eigenvalue weighted by Crippen LogP contribution is 2.40. The molecule has 0 radical (unpaired) electrons. The first-order valence-corrected chi connectivity index (χ1v) is 11.9. The molecule has 1 saturated carbocycles. The second-order valence-corrected chi connectivity index (χ2v) is 8.87. The number of fused-ring (bicyclic) bond motifs is 1. The highest BCUT2D eigenvalue weighted by atomic mass is 16.5. The molecule has 1 aliphatic heterocycles. The predicted octanol–water partition coefficient (Wildman–Crippen LogP) is 4.58. The zero-order valence-corrected chi connectivity index (χ0v) is 20.2. The molecule has 182 valence electrons. The van der Waals surface area contributed by atoms with Gasteiger partial charge >= 0.3 is 5.97 Å². The Morgan fingerprint density at radius 3 is 2.26 bits per heavy atom. The highest BCUT2D eigenvalue weighted by molar-refractivity contribution is 5.89. The monoisotopic (exact) mass is 467 g/mol. The van der Waals surface area contributed by atoms with Crippen LogP contribution in [0, 0.1) is 5.92 Å². The van der Waals surface area contributed by atoms with Gasteiger partial charge in [-0.2, -0.15) is 0 Å². The largest absolute Gasteiger partial charge is 0.493 e. The van der Waals surface area contributed by atoms with Gasteiger partial charge in [-0.05, 0) is 66.8 Å². The van der Waals surface area contributed by atoms with Crippen molar-refractivity contribution >= 4 is 11.9 Å². The molecule has 1 aliphatic carbocycles. The van der Waals surface area contributed by atoms with Crippen LogP contribution in [0.3, 0.4) is 0 Å². The SMILES string of the molecule is COC(=O)c1ccc(OC[C@H]2c3cc(OC)c(OC)cc3CCN2C(=O)C2CCCCC2)cc1. The third kappa shape index (κ3) is 4.98. The van der Waals surface area contributed by atoms with Crippen molar-refractivity contribution < 1.29 is 28.5 Å². The second-order valence-electron chi connectivity index (χ2n) is 8.87. The van der Waals surface area contributed by atoms with Crippen LogP contribution in [0.15, 0.2) is 36.4 Å². The molecular formula is C27H33NO6. The quantitative estimate of drug-likeness (QED) is 0.555. The summed E-state index contributed by atoms with van der Waals surface area (Å²) in [5.74, 6) is 1.86. The van der Waals surface area contributed by atoms with Gasteiger partial charge in [0, 0.05) is 12.5 Å². The summed E-state index contributed by atoms with van der Waals surface area (Å²) in [5.41, 5.74) is 2.63. The molecule has 0 saturated heterocycles. The summed E-state index contributed by atoms with van der Waals surface area (Å²) in [5, 5.41) is 0. The van der Waals surface area contributed by atoms with Crippen LogP contribution in [0.4, 0.5) is 0 Å². The highest BCUT2D eigenvalue weighted by Gasteiger charge is 2.36. The number of amides is 1. The molecule has 4 rings (SSSR count). The van der Waals surface area contributed by atoms with Gasteiger partial charge in [-0.1, -0.05) is 19.3 Å². The molecule has 2 aliphatic rings. The molecule has 0 spiro atoms. The van der Waals surface area contributed by atoms with E-state index in [1.54, 1.807) is 38.5 Å². The smallest absolute Gasteiger partial charge is 0.337 e. The minimum absolute atomic E-state index is 0.0808. The summed E-state index contributed by atoms with van der Waals surface area (Å²) < 4.78 is 22.0. The van der Waals surface area contributed by atoms with Crippen molar-refractivity contribution in [3.8, 4) is 17.2 Å². The van der Waals surface area contributed by atoms with Crippen LogP contribution in [0.1, 0.15) is 59.6 Å². The number of methoxy groups -OCH3 is 3. The maximum Gasteiger partial charge on any atom is 0.337 e. The van der Waals surface area contributed by atoms with Gasteiger partial charge in [0.15, 0.2) is 11.5 Å². The lowest BCUT2D eigenvalue weighted by atomic mass is 9.86. The first kappa shape index (κ1) is 23.9. The standard InChI is InChI=1S/C27H33NO6/c1-31-24-15-20-13-14-28(26(29)18-7-5-4-6-8-18)23(22(20)16-25(24)32-2)17-34-21-11-9-19(10-12-21)27(30)33-3/h9-12,15-16,18,23H,4-8,13-14,17H2,1-3H3/t23-/m0/s1. The Labute approximate surface area is 200 Å². The maximum absolute atomic E-state index is 13.6. The maximum atomic E-state index is 13.6. The van der Waals surface area contributed by atoms with Gasteiger partial charge in [0.05, 0.1) is 32.9 Å². The molecule has 7 nitrogen and oxygen atoms in total. The molecular weight excluding hydrogens is 434 g/mol. The summed E-state index contributed by atoms with van der Waals surface area (Å²) in [4.78, 5) is 27.3. The van der Waals surface area contributed by atoms with E-state index >= 15 is 0 Å². The average molecular weight is 468 g/mol. The number of ether oxygens (including phenoxy) is 4. The van der Waals surface area contributed by atoms with Crippen molar-refractivity contribution in [1.82, 2.24) is 4.90 Å². The molecule has 2 aromatic carbocycles. The summed E-state index contributed by atoms with van der Waals surface area (Å²) in [7, 11) is 4.60. The summed E-state index contributed by atoms with van der Waals surface area (Å²) in [6, 6.07) is 10.6. The van der Waals surface area contributed by atoms with Gasteiger partial charge in [0.25, 0.3) is 0 Å². The van der Waals surface area contributed by atoms with Crippen LogP contribution in [-0.4, -0.2) is 51.3 Å². The molecule has 1 fully saturated rings. The summed E-state index contributed by atoms with van der Waals surface area (Å²) in [6.07, 6.45) is 6.10. The zero-order valence-electron chi connectivity index (χ0n) is 20.2. The molecule has 0 unspecified atom stereocenters. The van der Waals surface area contributed by atoms with Gasteiger partial charge in [0.2, 0.25) is 5.91 Å². The van der Waals surface area contributed by atoms with E-state index in [0.717, 1.165) is 43.2 Å². The number of carbonyl (C=O) groups excluding carboxylic acids is 2. The molecule has 1 heterocycles. The fourth-order valence-electron chi connectivity index (χ4n) is 5.04. The first-order chi connectivity index (χ1) is 16.5. The van der Waals surface area contributed by atoms with Crippen LogP contribution < -0.4 is 14.2 Å². The lowest BCUT2D eigenvalue weighted by molar-refractivity contribution is -0.140. The van der Waals surface area contributed by atoms with E-state index in [0.29, 0.717) is 36.0 Å². The van der Waals surface area contributed by atoms with Crippen LogP contribution in [0.2, 0.25) is 0 Å². The summed E-state index contributed by atoms with van der Waals surface area (Å²) >= 11 is 0. The molecule has 0 aromatic heterocycles. The number of hydrogen-bond acceptors (Lipinski definition) is 6. The van der Waals surface area contributed by atoms with Gasteiger partial charge in [-0.25, -0.2) is 4.79 Å². The number of nitrogens with zero attached hydrogens (tertiary/aromatic N) is 1. The Morgan fingerprint density at radius 1 is 0.941 bits per heavy atom. The Bertz CT molecular complexity index is 1010. The van der Waals surface area contributed by atoms with Crippen molar-refractivity contribution in [2.75, 3.05) is 34.5 Å². The Morgan fingerprint density at radius 2 is 1.62 bits per heavy atom. The second kappa shape index (κ2) is 10.8. The Balaban J connectivity index is 1.61. The molecule has 2 aromatic rings. The van der Waals surface area contributed by atoms with Gasteiger partial charge in [-0.15, -0.1) is 0 Å². The van der Waals surface area contributed by atoms with Crippen molar-refractivity contribution in [2.24, 2.45) is 5.92 Å². The van der Waals surface area contributed by atoms with Crippen molar-refractivity contribution in [1.29, 1.82) is 0 Å². The van der Waals surface area contributed by atoms with Gasteiger partial charge in [-0.3, -0.25) is 4.79 Å². The molecule has 1 atom stereocenters. The van der Waals surface area contributed by atoms with E-state index in [1.807, 2.05) is 17.0 Å². The number of rotatable bonds is 7. The van der Waals surface area contributed by atoms with E-state index in [-0.39, 0.29) is 17.9 Å². The minimum atomic E-state index is -0.391. The predicted molar refractivity (Wildman–Crippen MR) is 128 cm³/mol. The van der Waals surface area contributed by atoms with Crippen molar-refractivity contribution in [2.45, 2.75) is 44.6 Å². The van der Waals surface area contributed by atoms with E-state index in [2.05, 4.69) is 0 Å². The average Bonchev–Trinajstić information content (AvgIpc) is 2.90. The fourth-order valence-corrected chi connectivity index (χ4v) is 5.04. The Hall–Kier alpha value is -3.22. The Kier molecular flexibility index (Phi) is 7.60. The van der Waals surface area contributed by atoms with Crippen molar-refractivity contribution in [3.63, 3.8) is 0 Å². The first-order valence-electron chi connectivity index (χ1n) is 11.9. The lowest BCUT2D eigenvalue weighted by Crippen LogP contribution is -2.45. The van der Waals surface area contributed by atoms with Crippen LogP contribution >= 0.6 is 0 Å². The van der Waals surface area contributed by atoms with E-state index < -0.39 is 5.97 Å². The summed E-state index contributed by atoms with van der Waals surface area (Å²) in [6.45, 7) is 0.950. The van der Waals surface area contributed by atoms with E-state index in [4.69, 9.17) is 18.9 Å². The number of hydrogen-bond donors (Lipinski definition) is 0. The number of benzene rings is 2. The van der Waals surface area contributed by atoms with Gasteiger partial charge < -0.3 is 23.8 Å². The molecule has 1 amide bonds. The number of esters is 1. The third-order valence-electron chi connectivity index (χ3n) is 6.92. The normalized spacial score (nSPS) is 18.1. The molecule has 0 bridgehead atoms. The molecule has 0 N–H and O–H groups in total. The third-order valence-corrected chi connectivity index (χ3v) is 6.92. The van der Waals surface area contributed by atoms with Crippen LogP contribution in [0.25, 0.3) is 0 Å².